The lowest BCUT2D eigenvalue weighted by molar-refractivity contribution is 0.140. The summed E-state index contributed by atoms with van der Waals surface area (Å²) in [5.74, 6) is 1.09. The maximum atomic E-state index is 10.4. The maximum absolute atomic E-state index is 10.4. The molecule has 0 spiro atoms. The Morgan fingerprint density at radius 2 is 2.29 bits per heavy atom. The summed E-state index contributed by atoms with van der Waals surface area (Å²) in [6.07, 6.45) is 2.25. The number of hydrogen-bond donors (Lipinski definition) is 2. The van der Waals surface area contributed by atoms with Gasteiger partial charge in [0, 0.05) is 31.2 Å². The van der Waals surface area contributed by atoms with Gasteiger partial charge < -0.3 is 9.84 Å². The van der Waals surface area contributed by atoms with E-state index in [9.17, 15) is 5.11 Å². The summed E-state index contributed by atoms with van der Waals surface area (Å²) in [6, 6.07) is 10.2. The van der Waals surface area contributed by atoms with Crippen molar-refractivity contribution in [3.63, 3.8) is 0 Å². The van der Waals surface area contributed by atoms with Crippen LogP contribution in [0.2, 0.25) is 0 Å². The van der Waals surface area contributed by atoms with Crippen molar-refractivity contribution in [2.75, 3.05) is 19.7 Å². The molecule has 2 atom stereocenters. The lowest BCUT2D eigenvalue weighted by Crippen LogP contribution is -2.21. The lowest BCUT2D eigenvalue weighted by Gasteiger charge is -2.16. The minimum atomic E-state index is -0.304. The summed E-state index contributed by atoms with van der Waals surface area (Å²) in [6.45, 7) is 8.57. The number of aliphatic hydroxyl groups excluding tert-OH is 1. The van der Waals surface area contributed by atoms with Gasteiger partial charge in [0.15, 0.2) is 0 Å². The topological polar surface area (TPSA) is 61.4 Å². The van der Waals surface area contributed by atoms with Gasteiger partial charge in [-0.2, -0.15) is 5.10 Å². The van der Waals surface area contributed by atoms with Crippen molar-refractivity contribution in [3.05, 3.63) is 59.9 Å². The number of aromatic amines is 1. The molecular weight excluding hydrogens is 302 g/mol. The van der Waals surface area contributed by atoms with Crippen LogP contribution in [0.25, 0.3) is 0 Å². The number of aryl methyl sites for hydroxylation is 1. The van der Waals surface area contributed by atoms with E-state index in [-0.39, 0.29) is 12.0 Å². The van der Waals surface area contributed by atoms with Crippen LogP contribution >= 0.6 is 0 Å². The monoisotopic (exact) mass is 327 g/mol. The molecule has 1 aromatic carbocycles. The number of nitrogens with one attached hydrogen (secondary N) is 1. The summed E-state index contributed by atoms with van der Waals surface area (Å²) < 4.78 is 5.59. The first-order chi connectivity index (χ1) is 11.6. The number of likely N-dealkylation sites (tertiary alicyclic amines) is 1. The first-order valence-electron chi connectivity index (χ1n) is 8.38. The summed E-state index contributed by atoms with van der Waals surface area (Å²) in [5.41, 5.74) is 3.28. The molecule has 0 saturated carbocycles. The van der Waals surface area contributed by atoms with Crippen molar-refractivity contribution in [1.29, 1.82) is 0 Å². The van der Waals surface area contributed by atoms with Crippen LogP contribution in [-0.2, 0) is 13.0 Å². The third-order valence-corrected chi connectivity index (χ3v) is 4.38. The molecule has 1 aliphatic heterocycles. The fourth-order valence-corrected chi connectivity index (χ4v) is 3.27. The molecule has 5 nitrogen and oxygen atoms in total. The predicted octanol–water partition coefficient (Wildman–Crippen LogP) is 2.32. The number of benzene rings is 1. The van der Waals surface area contributed by atoms with Crippen molar-refractivity contribution in [2.24, 2.45) is 5.92 Å². The quantitative estimate of drug-likeness (QED) is 0.766. The molecule has 1 saturated heterocycles. The Bertz CT molecular complexity index is 683. The van der Waals surface area contributed by atoms with Gasteiger partial charge in [-0.25, -0.2) is 0 Å². The highest BCUT2D eigenvalue weighted by Crippen LogP contribution is 2.24. The molecule has 1 fully saturated rings. The largest absolute Gasteiger partial charge is 0.490 e. The number of hydrogen-bond acceptors (Lipinski definition) is 4. The van der Waals surface area contributed by atoms with Crippen LogP contribution in [-0.4, -0.2) is 46.0 Å². The van der Waals surface area contributed by atoms with E-state index >= 15 is 0 Å². The molecule has 1 aromatic heterocycles. The fraction of sp³-hybridized carbons (Fsp3) is 0.421. The van der Waals surface area contributed by atoms with E-state index in [0.717, 1.165) is 36.6 Å². The normalized spacial score (nSPS) is 21.1. The molecule has 2 unspecified atom stereocenters. The first-order valence-corrected chi connectivity index (χ1v) is 8.38. The average molecular weight is 327 g/mol. The average Bonchev–Trinajstić information content (AvgIpc) is 3.12. The Kier molecular flexibility index (Phi) is 5.33. The molecule has 5 heteroatoms. The zero-order valence-corrected chi connectivity index (χ0v) is 14.1. The number of aliphatic hydroxyl groups is 1. The maximum Gasteiger partial charge on any atom is 0.120 e. The highest BCUT2D eigenvalue weighted by Gasteiger charge is 2.31. The minimum Gasteiger partial charge on any atom is -0.490 e. The van der Waals surface area contributed by atoms with E-state index in [1.165, 1.54) is 5.56 Å². The Hall–Kier alpha value is -2.11. The lowest BCUT2D eigenvalue weighted by atomic mass is 10.0. The van der Waals surface area contributed by atoms with Crippen LogP contribution in [0.4, 0.5) is 0 Å². The number of ether oxygens (including phenoxy) is 1. The molecule has 128 valence electrons. The van der Waals surface area contributed by atoms with Crippen molar-refractivity contribution in [3.8, 4) is 5.75 Å². The molecule has 2 N–H and O–H groups in total. The highest BCUT2D eigenvalue weighted by molar-refractivity contribution is 5.28. The van der Waals surface area contributed by atoms with Crippen molar-refractivity contribution in [2.45, 2.75) is 26.0 Å². The SMILES string of the molecule is C=CCOc1cccc(CN2CC(O)C(Cc3cc(C)[nH]n3)C2)c1. The molecule has 0 amide bonds. The summed E-state index contributed by atoms with van der Waals surface area (Å²) in [7, 11) is 0. The van der Waals surface area contributed by atoms with E-state index in [4.69, 9.17) is 4.74 Å². The van der Waals surface area contributed by atoms with Gasteiger partial charge in [0.25, 0.3) is 0 Å². The fourth-order valence-electron chi connectivity index (χ4n) is 3.27. The van der Waals surface area contributed by atoms with Crippen molar-refractivity contribution < 1.29 is 9.84 Å². The van der Waals surface area contributed by atoms with Crippen LogP contribution in [0, 0.1) is 12.8 Å². The van der Waals surface area contributed by atoms with Crippen molar-refractivity contribution in [1.82, 2.24) is 15.1 Å². The molecule has 24 heavy (non-hydrogen) atoms. The van der Waals surface area contributed by atoms with Gasteiger partial charge in [0.2, 0.25) is 0 Å². The molecular formula is C19H25N3O2. The van der Waals surface area contributed by atoms with E-state index in [2.05, 4.69) is 39.9 Å². The van der Waals surface area contributed by atoms with Crippen LogP contribution in [0.5, 0.6) is 5.75 Å². The van der Waals surface area contributed by atoms with E-state index in [1.54, 1.807) is 6.08 Å². The smallest absolute Gasteiger partial charge is 0.120 e. The Morgan fingerprint density at radius 3 is 3.04 bits per heavy atom. The van der Waals surface area contributed by atoms with Gasteiger partial charge in [-0.1, -0.05) is 24.8 Å². The first kappa shape index (κ1) is 16.7. The van der Waals surface area contributed by atoms with Crippen LogP contribution in [0.15, 0.2) is 43.0 Å². The molecule has 0 bridgehead atoms. The summed E-state index contributed by atoms with van der Waals surface area (Å²) in [5, 5.41) is 17.6. The number of β-amino-alcohol motifs (C(OH)–C–C–N with tert-alkyl or cyclic N) is 1. The third kappa shape index (κ3) is 4.24. The summed E-state index contributed by atoms with van der Waals surface area (Å²) in [4.78, 5) is 2.29. The third-order valence-electron chi connectivity index (χ3n) is 4.38. The van der Waals surface area contributed by atoms with Gasteiger partial charge in [0.05, 0.1) is 11.8 Å². The highest BCUT2D eigenvalue weighted by atomic mass is 16.5. The number of aromatic nitrogens is 2. The standard InChI is InChI=1S/C19H25N3O2/c1-3-7-24-18-6-4-5-15(9-18)11-22-12-16(19(23)13-22)10-17-8-14(2)20-21-17/h3-6,8-9,16,19,23H,1,7,10-13H2,2H3,(H,20,21). The van der Waals surface area contributed by atoms with Crippen molar-refractivity contribution >= 4 is 0 Å². The second kappa shape index (κ2) is 7.64. The van der Waals surface area contributed by atoms with Gasteiger partial charge in [-0.15, -0.1) is 0 Å². The van der Waals surface area contributed by atoms with Crippen LogP contribution in [0.3, 0.4) is 0 Å². The predicted molar refractivity (Wildman–Crippen MR) is 93.9 cm³/mol. The molecule has 1 aliphatic rings. The molecule has 0 aliphatic carbocycles. The van der Waals surface area contributed by atoms with E-state index < -0.39 is 0 Å². The summed E-state index contributed by atoms with van der Waals surface area (Å²) >= 11 is 0. The Labute approximate surface area is 143 Å². The molecule has 3 rings (SSSR count). The van der Waals surface area contributed by atoms with E-state index in [1.807, 2.05) is 19.1 Å². The van der Waals surface area contributed by atoms with E-state index in [0.29, 0.717) is 13.2 Å². The zero-order valence-electron chi connectivity index (χ0n) is 14.1. The van der Waals surface area contributed by atoms with Gasteiger partial charge in [0.1, 0.15) is 12.4 Å². The van der Waals surface area contributed by atoms with Crippen LogP contribution < -0.4 is 4.74 Å². The van der Waals surface area contributed by atoms with Crippen LogP contribution in [0.1, 0.15) is 17.0 Å². The van der Waals surface area contributed by atoms with Gasteiger partial charge in [-0.05, 0) is 37.1 Å². The zero-order chi connectivity index (χ0) is 16.9. The second-order valence-corrected chi connectivity index (χ2v) is 6.52. The van der Waals surface area contributed by atoms with Gasteiger partial charge >= 0.3 is 0 Å². The molecule has 2 heterocycles. The second-order valence-electron chi connectivity index (χ2n) is 6.52. The molecule has 2 aromatic rings. The number of rotatable bonds is 7. The van der Waals surface area contributed by atoms with Gasteiger partial charge in [-0.3, -0.25) is 10.00 Å². The minimum absolute atomic E-state index is 0.230. The molecule has 0 radical (unpaired) electrons. The Balaban J connectivity index is 1.57. The number of nitrogens with zero attached hydrogens (tertiary/aromatic N) is 2. The Morgan fingerprint density at radius 1 is 1.42 bits per heavy atom. The number of H-pyrrole nitrogens is 1.